The van der Waals surface area contributed by atoms with Crippen LogP contribution in [-0.2, 0) is 4.74 Å². The van der Waals surface area contributed by atoms with Crippen LogP contribution in [0.5, 0.6) is 0 Å². The van der Waals surface area contributed by atoms with Gasteiger partial charge in [-0.05, 0) is 25.5 Å². The second kappa shape index (κ2) is 7.65. The Morgan fingerprint density at radius 3 is 2.64 bits per heavy atom. The smallest absolute Gasteiger partial charge is 0.149 e. The number of ether oxygens (including phenoxy) is 1. The first-order valence-electron chi connectivity index (χ1n) is 6.89. The summed E-state index contributed by atoms with van der Waals surface area (Å²) in [6, 6.07) is 5.00. The Bertz CT molecular complexity index is 637. The molecular weight excluding hydrogens is 290 g/mol. The van der Waals surface area contributed by atoms with Crippen LogP contribution in [-0.4, -0.2) is 30.2 Å². The first-order chi connectivity index (χ1) is 10.6. The zero-order valence-electron chi connectivity index (χ0n) is 12.5. The van der Waals surface area contributed by atoms with Gasteiger partial charge in [0.25, 0.3) is 0 Å². The van der Waals surface area contributed by atoms with Gasteiger partial charge in [0.05, 0.1) is 5.69 Å². The predicted octanol–water partition coefficient (Wildman–Crippen LogP) is 3.26. The van der Waals surface area contributed by atoms with E-state index in [4.69, 9.17) is 4.74 Å². The zero-order chi connectivity index (χ0) is 15.9. The number of aryl methyl sites for hydroxylation is 1. The van der Waals surface area contributed by atoms with Crippen molar-refractivity contribution in [1.29, 1.82) is 0 Å². The van der Waals surface area contributed by atoms with Crippen LogP contribution in [0.1, 0.15) is 12.2 Å². The SMILES string of the molecule is COCCCNc1cc(Nc2ccc(F)cc2F)nc(C)n1. The lowest BCUT2D eigenvalue weighted by Crippen LogP contribution is -2.08. The normalized spacial score (nSPS) is 10.5. The average molecular weight is 308 g/mol. The second-order valence-electron chi connectivity index (χ2n) is 4.71. The van der Waals surface area contributed by atoms with Crippen LogP contribution in [0.4, 0.5) is 26.1 Å². The minimum atomic E-state index is -0.675. The maximum absolute atomic E-state index is 13.6. The third kappa shape index (κ3) is 4.63. The molecule has 1 aromatic carbocycles. The summed E-state index contributed by atoms with van der Waals surface area (Å²) < 4.78 is 31.5. The molecule has 1 heterocycles. The van der Waals surface area contributed by atoms with Crippen LogP contribution in [0, 0.1) is 18.6 Å². The maximum Gasteiger partial charge on any atom is 0.149 e. The number of benzene rings is 1. The molecule has 0 unspecified atom stereocenters. The van der Waals surface area contributed by atoms with E-state index in [1.54, 1.807) is 20.1 Å². The molecule has 1 aromatic heterocycles. The van der Waals surface area contributed by atoms with E-state index in [-0.39, 0.29) is 5.69 Å². The van der Waals surface area contributed by atoms with Gasteiger partial charge in [0.1, 0.15) is 29.1 Å². The number of methoxy groups -OCH3 is 1. The Morgan fingerprint density at radius 2 is 1.91 bits per heavy atom. The summed E-state index contributed by atoms with van der Waals surface area (Å²) >= 11 is 0. The summed E-state index contributed by atoms with van der Waals surface area (Å²) in [5, 5.41) is 5.97. The molecule has 0 aliphatic carbocycles. The molecule has 0 fully saturated rings. The lowest BCUT2D eigenvalue weighted by molar-refractivity contribution is 0.198. The van der Waals surface area contributed by atoms with E-state index in [1.165, 1.54) is 12.1 Å². The lowest BCUT2D eigenvalue weighted by Gasteiger charge is -2.10. The molecule has 0 spiro atoms. The summed E-state index contributed by atoms with van der Waals surface area (Å²) in [5.41, 5.74) is 0.157. The zero-order valence-corrected chi connectivity index (χ0v) is 12.5. The molecule has 5 nitrogen and oxygen atoms in total. The Hall–Kier alpha value is -2.28. The Labute approximate surface area is 127 Å². The van der Waals surface area contributed by atoms with E-state index in [1.807, 2.05) is 0 Å². The topological polar surface area (TPSA) is 59.1 Å². The van der Waals surface area contributed by atoms with Crippen LogP contribution in [0.3, 0.4) is 0 Å². The van der Waals surface area contributed by atoms with Gasteiger partial charge in [0, 0.05) is 32.4 Å². The summed E-state index contributed by atoms with van der Waals surface area (Å²) in [4.78, 5) is 8.44. The highest BCUT2D eigenvalue weighted by atomic mass is 19.1. The third-order valence-electron chi connectivity index (χ3n) is 2.86. The van der Waals surface area contributed by atoms with Gasteiger partial charge in [-0.25, -0.2) is 18.7 Å². The quantitative estimate of drug-likeness (QED) is 0.769. The Morgan fingerprint density at radius 1 is 1.14 bits per heavy atom. The number of nitrogens with one attached hydrogen (secondary N) is 2. The standard InChI is InChI=1S/C15H18F2N4O/c1-10-19-14(18-6-3-7-22-2)9-15(20-10)21-13-5-4-11(16)8-12(13)17/h4-5,8-9H,3,6-7H2,1-2H3,(H2,18,19,20,21). The molecule has 0 aliphatic heterocycles. The summed E-state index contributed by atoms with van der Waals surface area (Å²) in [7, 11) is 1.65. The molecular formula is C15H18F2N4O. The van der Waals surface area contributed by atoms with Crippen LogP contribution in [0.25, 0.3) is 0 Å². The van der Waals surface area contributed by atoms with Gasteiger partial charge in [-0.15, -0.1) is 0 Å². The van der Waals surface area contributed by atoms with Crippen molar-refractivity contribution in [3.63, 3.8) is 0 Å². The molecule has 0 bridgehead atoms. The number of hydrogen-bond donors (Lipinski definition) is 2. The minimum absolute atomic E-state index is 0.157. The van der Waals surface area contributed by atoms with Gasteiger partial charge < -0.3 is 15.4 Å². The fourth-order valence-electron chi connectivity index (χ4n) is 1.88. The number of aromatic nitrogens is 2. The van der Waals surface area contributed by atoms with E-state index in [0.717, 1.165) is 12.5 Å². The summed E-state index contributed by atoms with van der Waals surface area (Å²) in [6.45, 7) is 3.10. The van der Waals surface area contributed by atoms with E-state index < -0.39 is 11.6 Å². The van der Waals surface area contributed by atoms with Crippen LogP contribution in [0.15, 0.2) is 24.3 Å². The molecule has 7 heteroatoms. The highest BCUT2D eigenvalue weighted by molar-refractivity contribution is 5.59. The fraction of sp³-hybridized carbons (Fsp3) is 0.333. The molecule has 22 heavy (non-hydrogen) atoms. The lowest BCUT2D eigenvalue weighted by atomic mass is 10.3. The third-order valence-corrected chi connectivity index (χ3v) is 2.86. The van der Waals surface area contributed by atoms with Crippen molar-refractivity contribution in [2.24, 2.45) is 0 Å². The second-order valence-corrected chi connectivity index (χ2v) is 4.71. The van der Waals surface area contributed by atoms with Gasteiger partial charge in [0.2, 0.25) is 0 Å². The van der Waals surface area contributed by atoms with Crippen LogP contribution >= 0.6 is 0 Å². The number of halogens is 2. The largest absolute Gasteiger partial charge is 0.385 e. The van der Waals surface area contributed by atoms with Crippen molar-refractivity contribution in [3.05, 3.63) is 41.7 Å². The van der Waals surface area contributed by atoms with E-state index in [2.05, 4.69) is 20.6 Å². The predicted molar refractivity (Wildman–Crippen MR) is 81.4 cm³/mol. The van der Waals surface area contributed by atoms with Crippen molar-refractivity contribution < 1.29 is 13.5 Å². The van der Waals surface area contributed by atoms with Gasteiger partial charge >= 0.3 is 0 Å². The molecule has 0 atom stereocenters. The maximum atomic E-state index is 13.6. The molecule has 0 radical (unpaired) electrons. The molecule has 0 saturated carbocycles. The van der Waals surface area contributed by atoms with E-state index in [0.29, 0.717) is 30.6 Å². The van der Waals surface area contributed by atoms with Crippen molar-refractivity contribution in [1.82, 2.24) is 9.97 Å². The number of rotatable bonds is 7. The van der Waals surface area contributed by atoms with Crippen LogP contribution < -0.4 is 10.6 Å². The monoisotopic (exact) mass is 308 g/mol. The summed E-state index contributed by atoms with van der Waals surface area (Å²) in [6.07, 6.45) is 0.842. The molecule has 2 N–H and O–H groups in total. The minimum Gasteiger partial charge on any atom is -0.385 e. The van der Waals surface area contributed by atoms with Crippen molar-refractivity contribution in [2.75, 3.05) is 30.9 Å². The Balaban J connectivity index is 2.08. The first-order valence-corrected chi connectivity index (χ1v) is 6.89. The van der Waals surface area contributed by atoms with Gasteiger partial charge in [-0.2, -0.15) is 0 Å². The number of hydrogen-bond acceptors (Lipinski definition) is 5. The first kappa shape index (κ1) is 16.1. The van der Waals surface area contributed by atoms with Crippen LogP contribution in [0.2, 0.25) is 0 Å². The number of nitrogens with zero attached hydrogens (tertiary/aromatic N) is 2. The molecule has 0 saturated heterocycles. The van der Waals surface area contributed by atoms with Crippen molar-refractivity contribution in [2.45, 2.75) is 13.3 Å². The van der Waals surface area contributed by atoms with Gasteiger partial charge in [-0.1, -0.05) is 0 Å². The highest BCUT2D eigenvalue weighted by Gasteiger charge is 2.07. The number of anilines is 3. The summed E-state index contributed by atoms with van der Waals surface area (Å²) in [5.74, 6) is 0.316. The fourth-order valence-corrected chi connectivity index (χ4v) is 1.88. The van der Waals surface area contributed by atoms with Crippen molar-refractivity contribution in [3.8, 4) is 0 Å². The average Bonchev–Trinajstić information content (AvgIpc) is 2.46. The van der Waals surface area contributed by atoms with Crippen molar-refractivity contribution >= 4 is 17.3 Å². The highest BCUT2D eigenvalue weighted by Crippen LogP contribution is 2.21. The molecule has 0 aliphatic rings. The molecule has 2 aromatic rings. The molecule has 118 valence electrons. The van der Waals surface area contributed by atoms with E-state index >= 15 is 0 Å². The molecule has 2 rings (SSSR count). The molecule has 0 amide bonds. The van der Waals surface area contributed by atoms with Gasteiger partial charge in [0.15, 0.2) is 0 Å². The van der Waals surface area contributed by atoms with E-state index in [9.17, 15) is 8.78 Å². The van der Waals surface area contributed by atoms with Gasteiger partial charge in [-0.3, -0.25) is 0 Å². The Kier molecular flexibility index (Phi) is 5.60.